The van der Waals surface area contributed by atoms with Crippen LogP contribution in [0.25, 0.3) is 0 Å². The van der Waals surface area contributed by atoms with Gasteiger partial charge in [-0.15, -0.1) is 0 Å². The number of carbonyl (C=O) groups excluding carboxylic acids is 1. The summed E-state index contributed by atoms with van der Waals surface area (Å²) in [5.41, 5.74) is 4.63. The van der Waals surface area contributed by atoms with Crippen molar-refractivity contribution in [3.05, 3.63) is 29.3 Å². The molecule has 0 bridgehead atoms. The molecule has 0 heterocycles. The number of rotatable bonds is 4. The van der Waals surface area contributed by atoms with Crippen LogP contribution in [0.3, 0.4) is 0 Å². The van der Waals surface area contributed by atoms with Crippen LogP contribution >= 0.6 is 0 Å². The average molecular weight is 238 g/mol. The number of hydroxylamine groups is 1. The smallest absolute Gasteiger partial charge is 0.343 e. The molecule has 2 amide bonds. The van der Waals surface area contributed by atoms with E-state index in [0.29, 0.717) is 5.69 Å². The van der Waals surface area contributed by atoms with E-state index in [4.69, 9.17) is 5.11 Å². The molecule has 6 nitrogen and oxygen atoms in total. The Morgan fingerprint density at radius 1 is 1.35 bits per heavy atom. The van der Waals surface area contributed by atoms with Gasteiger partial charge in [-0.2, -0.15) is 0 Å². The summed E-state index contributed by atoms with van der Waals surface area (Å²) in [6.45, 7) is 3.22. The lowest BCUT2D eigenvalue weighted by Gasteiger charge is -2.10. The third-order valence-corrected chi connectivity index (χ3v) is 2.21. The third kappa shape index (κ3) is 4.12. The van der Waals surface area contributed by atoms with Gasteiger partial charge in [0.2, 0.25) is 0 Å². The molecule has 0 saturated heterocycles. The van der Waals surface area contributed by atoms with E-state index < -0.39 is 18.6 Å². The lowest BCUT2D eigenvalue weighted by Crippen LogP contribution is -2.31. The lowest BCUT2D eigenvalue weighted by atomic mass is 10.1. The van der Waals surface area contributed by atoms with E-state index in [2.05, 4.69) is 10.2 Å². The molecule has 1 aromatic carbocycles. The predicted octanol–water partition coefficient (Wildman–Crippen LogP) is 1.44. The van der Waals surface area contributed by atoms with Gasteiger partial charge in [0.25, 0.3) is 0 Å². The number of aryl methyl sites for hydroxylation is 1. The molecule has 1 aromatic rings. The highest BCUT2D eigenvalue weighted by Crippen LogP contribution is 2.17. The number of hydrogen-bond donors (Lipinski definition) is 3. The molecule has 17 heavy (non-hydrogen) atoms. The molecule has 0 aliphatic rings. The molecule has 0 spiro atoms. The zero-order chi connectivity index (χ0) is 12.8. The number of nitrogens with one attached hydrogen (secondary N) is 2. The highest BCUT2D eigenvalue weighted by Gasteiger charge is 2.06. The molecule has 0 radical (unpaired) electrons. The van der Waals surface area contributed by atoms with Crippen LogP contribution in [0.5, 0.6) is 0 Å². The molecule has 0 aliphatic heterocycles. The molecule has 0 unspecified atom stereocenters. The van der Waals surface area contributed by atoms with Crippen LogP contribution in [-0.4, -0.2) is 23.7 Å². The van der Waals surface area contributed by atoms with Crippen LogP contribution in [0, 0.1) is 13.8 Å². The van der Waals surface area contributed by atoms with E-state index in [1.165, 1.54) is 0 Å². The Labute approximate surface area is 98.5 Å². The number of urea groups is 1. The van der Waals surface area contributed by atoms with Crippen molar-refractivity contribution < 1.29 is 19.5 Å². The van der Waals surface area contributed by atoms with Crippen LogP contribution in [-0.2, 0) is 9.63 Å². The largest absolute Gasteiger partial charge is 0.479 e. The van der Waals surface area contributed by atoms with E-state index in [0.717, 1.165) is 11.1 Å². The van der Waals surface area contributed by atoms with Crippen LogP contribution in [0.2, 0.25) is 0 Å². The highest BCUT2D eigenvalue weighted by molar-refractivity contribution is 5.89. The molecule has 92 valence electrons. The maximum Gasteiger partial charge on any atom is 0.343 e. The van der Waals surface area contributed by atoms with Gasteiger partial charge in [-0.3, -0.25) is 4.84 Å². The first-order valence-corrected chi connectivity index (χ1v) is 4.97. The first-order chi connectivity index (χ1) is 8.00. The van der Waals surface area contributed by atoms with Crippen molar-refractivity contribution in [1.29, 1.82) is 0 Å². The predicted molar refractivity (Wildman–Crippen MR) is 61.7 cm³/mol. The van der Waals surface area contributed by atoms with Crippen LogP contribution in [0.4, 0.5) is 10.5 Å². The van der Waals surface area contributed by atoms with E-state index in [1.807, 2.05) is 31.5 Å². The van der Waals surface area contributed by atoms with Gasteiger partial charge in [0.05, 0.1) is 0 Å². The third-order valence-electron chi connectivity index (χ3n) is 2.21. The highest BCUT2D eigenvalue weighted by atomic mass is 16.7. The maximum absolute atomic E-state index is 11.3. The normalized spacial score (nSPS) is 9.76. The van der Waals surface area contributed by atoms with Crippen molar-refractivity contribution in [3.63, 3.8) is 0 Å². The van der Waals surface area contributed by atoms with Gasteiger partial charge in [-0.25, -0.2) is 15.1 Å². The zero-order valence-electron chi connectivity index (χ0n) is 9.61. The lowest BCUT2D eigenvalue weighted by molar-refractivity contribution is -0.143. The minimum absolute atomic E-state index is 0.583. The number of carboxylic acid groups (broad SMARTS) is 1. The molecular weight excluding hydrogens is 224 g/mol. The number of amides is 2. The summed E-state index contributed by atoms with van der Waals surface area (Å²) in [7, 11) is 0. The molecule has 3 N–H and O–H groups in total. The van der Waals surface area contributed by atoms with Gasteiger partial charge in [0, 0.05) is 5.69 Å². The summed E-state index contributed by atoms with van der Waals surface area (Å²) < 4.78 is 0. The molecule has 6 heteroatoms. The monoisotopic (exact) mass is 238 g/mol. The second kappa shape index (κ2) is 5.86. The van der Waals surface area contributed by atoms with E-state index >= 15 is 0 Å². The molecule has 0 fully saturated rings. The van der Waals surface area contributed by atoms with Crippen molar-refractivity contribution in [2.45, 2.75) is 13.8 Å². The topological polar surface area (TPSA) is 87.7 Å². The first kappa shape index (κ1) is 13.0. The Bertz CT molecular complexity index is 431. The van der Waals surface area contributed by atoms with Gasteiger partial charge < -0.3 is 10.4 Å². The quantitative estimate of drug-likeness (QED) is 0.692. The molecule has 0 atom stereocenters. The molecular formula is C11H14N2O4. The van der Waals surface area contributed by atoms with Gasteiger partial charge in [0.15, 0.2) is 6.61 Å². The van der Waals surface area contributed by atoms with Gasteiger partial charge in [-0.1, -0.05) is 12.1 Å². The Kier molecular flexibility index (Phi) is 4.47. The second-order valence-corrected chi connectivity index (χ2v) is 3.49. The van der Waals surface area contributed by atoms with Crippen molar-refractivity contribution >= 4 is 17.7 Å². The van der Waals surface area contributed by atoms with Gasteiger partial charge >= 0.3 is 12.0 Å². The number of aliphatic carboxylic acids is 1. The Morgan fingerprint density at radius 2 is 2.06 bits per heavy atom. The number of carboxylic acids is 1. The fourth-order valence-corrected chi connectivity index (χ4v) is 1.20. The SMILES string of the molecule is Cc1cccc(NC(=O)NOCC(=O)O)c1C. The summed E-state index contributed by atoms with van der Waals surface area (Å²) in [6, 6.07) is 4.88. The minimum Gasteiger partial charge on any atom is -0.479 e. The van der Waals surface area contributed by atoms with Gasteiger partial charge in [-0.05, 0) is 31.0 Å². The van der Waals surface area contributed by atoms with Crippen molar-refractivity contribution in [2.24, 2.45) is 0 Å². The maximum atomic E-state index is 11.3. The Balaban J connectivity index is 2.51. The van der Waals surface area contributed by atoms with Crippen molar-refractivity contribution in [1.82, 2.24) is 5.48 Å². The molecule has 0 saturated carbocycles. The average Bonchev–Trinajstić information content (AvgIpc) is 2.24. The Morgan fingerprint density at radius 3 is 2.71 bits per heavy atom. The van der Waals surface area contributed by atoms with E-state index in [9.17, 15) is 9.59 Å². The fourth-order valence-electron chi connectivity index (χ4n) is 1.20. The van der Waals surface area contributed by atoms with E-state index in [-0.39, 0.29) is 0 Å². The summed E-state index contributed by atoms with van der Waals surface area (Å²) in [4.78, 5) is 25.9. The number of carbonyl (C=O) groups is 2. The molecule has 1 rings (SSSR count). The second-order valence-electron chi connectivity index (χ2n) is 3.49. The summed E-state index contributed by atoms with van der Waals surface area (Å²) in [5, 5.41) is 10.9. The van der Waals surface area contributed by atoms with Crippen LogP contribution in [0.15, 0.2) is 18.2 Å². The van der Waals surface area contributed by atoms with Crippen molar-refractivity contribution in [3.8, 4) is 0 Å². The summed E-state index contributed by atoms with van der Waals surface area (Å²) in [5.74, 6) is -1.16. The van der Waals surface area contributed by atoms with Crippen LogP contribution in [0.1, 0.15) is 11.1 Å². The van der Waals surface area contributed by atoms with Crippen molar-refractivity contribution in [2.75, 3.05) is 11.9 Å². The summed E-state index contributed by atoms with van der Waals surface area (Å²) in [6.07, 6.45) is 0. The minimum atomic E-state index is -1.16. The van der Waals surface area contributed by atoms with E-state index in [1.54, 1.807) is 6.07 Å². The number of anilines is 1. The van der Waals surface area contributed by atoms with Crippen LogP contribution < -0.4 is 10.8 Å². The zero-order valence-corrected chi connectivity index (χ0v) is 9.61. The number of hydrogen-bond acceptors (Lipinski definition) is 3. The number of benzene rings is 1. The summed E-state index contributed by atoms with van der Waals surface area (Å²) >= 11 is 0. The first-order valence-electron chi connectivity index (χ1n) is 4.97. The molecule has 0 aromatic heterocycles. The fraction of sp³-hybridized carbons (Fsp3) is 0.273. The standard InChI is InChI=1S/C11H14N2O4/c1-7-4-3-5-9(8(7)2)12-11(16)13-17-6-10(14)15/h3-5H,6H2,1-2H3,(H,14,15)(H2,12,13,16). The Hall–Kier alpha value is -2.08. The molecule has 0 aliphatic carbocycles. The van der Waals surface area contributed by atoms with Gasteiger partial charge in [0.1, 0.15) is 0 Å².